The van der Waals surface area contributed by atoms with Gasteiger partial charge in [0.1, 0.15) is 0 Å². The standard InChI is InChI=1S/C11H14N2S2/c1-3-12-11(9-6-14-7-13-9)10-5-4-8(2)15-10/h4-7,11-12H,3H2,1-2H3. The third-order valence-corrected chi connectivity index (χ3v) is 3.87. The molecule has 2 heterocycles. The van der Waals surface area contributed by atoms with Gasteiger partial charge in [-0.1, -0.05) is 6.92 Å². The molecule has 0 saturated heterocycles. The Balaban J connectivity index is 2.27. The third-order valence-electron chi connectivity index (χ3n) is 2.20. The number of thiazole rings is 1. The van der Waals surface area contributed by atoms with Gasteiger partial charge in [0, 0.05) is 15.1 Å². The molecule has 0 spiro atoms. The summed E-state index contributed by atoms with van der Waals surface area (Å²) in [4.78, 5) is 7.08. The fourth-order valence-electron chi connectivity index (χ4n) is 1.53. The molecule has 1 unspecified atom stereocenters. The van der Waals surface area contributed by atoms with Crippen molar-refractivity contribution >= 4 is 22.7 Å². The highest BCUT2D eigenvalue weighted by molar-refractivity contribution is 7.12. The largest absolute Gasteiger partial charge is 0.305 e. The van der Waals surface area contributed by atoms with Crippen LogP contribution in [-0.4, -0.2) is 11.5 Å². The van der Waals surface area contributed by atoms with Crippen LogP contribution in [0.3, 0.4) is 0 Å². The van der Waals surface area contributed by atoms with Gasteiger partial charge < -0.3 is 5.32 Å². The van der Waals surface area contributed by atoms with E-state index in [9.17, 15) is 0 Å². The zero-order chi connectivity index (χ0) is 10.7. The van der Waals surface area contributed by atoms with Gasteiger partial charge in [-0.15, -0.1) is 22.7 Å². The molecule has 0 aromatic carbocycles. The summed E-state index contributed by atoms with van der Waals surface area (Å²) < 4.78 is 0. The minimum Gasteiger partial charge on any atom is -0.305 e. The number of thiophene rings is 1. The summed E-state index contributed by atoms with van der Waals surface area (Å²) >= 11 is 3.48. The lowest BCUT2D eigenvalue weighted by Crippen LogP contribution is -2.21. The first-order valence-corrected chi connectivity index (χ1v) is 6.75. The molecule has 1 N–H and O–H groups in total. The average molecular weight is 238 g/mol. The fourth-order valence-corrected chi connectivity index (χ4v) is 3.07. The van der Waals surface area contributed by atoms with Crippen molar-refractivity contribution in [3.8, 4) is 0 Å². The number of nitrogens with one attached hydrogen (secondary N) is 1. The molecular weight excluding hydrogens is 224 g/mol. The van der Waals surface area contributed by atoms with Crippen LogP contribution in [0.25, 0.3) is 0 Å². The number of rotatable bonds is 4. The van der Waals surface area contributed by atoms with Crippen molar-refractivity contribution in [2.24, 2.45) is 0 Å². The number of aromatic nitrogens is 1. The zero-order valence-electron chi connectivity index (χ0n) is 8.86. The predicted octanol–water partition coefficient (Wildman–Crippen LogP) is 3.21. The van der Waals surface area contributed by atoms with Crippen LogP contribution >= 0.6 is 22.7 Å². The van der Waals surface area contributed by atoms with Gasteiger partial charge in [0.25, 0.3) is 0 Å². The maximum atomic E-state index is 4.38. The Morgan fingerprint density at radius 1 is 1.47 bits per heavy atom. The molecule has 0 saturated carbocycles. The summed E-state index contributed by atoms with van der Waals surface area (Å²) in [5.41, 5.74) is 3.02. The van der Waals surface area contributed by atoms with Gasteiger partial charge in [-0.05, 0) is 25.6 Å². The summed E-state index contributed by atoms with van der Waals surface area (Å²) in [6.07, 6.45) is 0. The summed E-state index contributed by atoms with van der Waals surface area (Å²) in [5.74, 6) is 0. The Labute approximate surface area is 98.0 Å². The van der Waals surface area contributed by atoms with Crippen molar-refractivity contribution in [3.63, 3.8) is 0 Å². The monoisotopic (exact) mass is 238 g/mol. The molecule has 0 aliphatic carbocycles. The molecule has 0 radical (unpaired) electrons. The number of aryl methyl sites for hydroxylation is 1. The summed E-state index contributed by atoms with van der Waals surface area (Å²) in [7, 11) is 0. The van der Waals surface area contributed by atoms with E-state index in [4.69, 9.17) is 0 Å². The second-order valence-corrected chi connectivity index (χ2v) is 5.39. The minimum atomic E-state index is 0.264. The van der Waals surface area contributed by atoms with Crippen molar-refractivity contribution in [1.29, 1.82) is 0 Å². The SMILES string of the molecule is CCNC(c1cscn1)c1ccc(C)s1. The molecule has 0 amide bonds. The van der Waals surface area contributed by atoms with E-state index < -0.39 is 0 Å². The van der Waals surface area contributed by atoms with E-state index in [1.165, 1.54) is 9.75 Å². The lowest BCUT2D eigenvalue weighted by molar-refractivity contribution is 0.627. The van der Waals surface area contributed by atoms with Gasteiger partial charge in [0.15, 0.2) is 0 Å². The van der Waals surface area contributed by atoms with Crippen LogP contribution in [0.2, 0.25) is 0 Å². The molecule has 15 heavy (non-hydrogen) atoms. The Morgan fingerprint density at radius 2 is 2.33 bits per heavy atom. The molecule has 2 aromatic rings. The highest BCUT2D eigenvalue weighted by atomic mass is 32.1. The smallest absolute Gasteiger partial charge is 0.0853 e. The summed E-state index contributed by atoms with van der Waals surface area (Å²) in [6.45, 7) is 5.22. The minimum absolute atomic E-state index is 0.264. The number of nitrogens with zero attached hydrogens (tertiary/aromatic N) is 1. The number of hydrogen-bond acceptors (Lipinski definition) is 4. The molecule has 2 rings (SSSR count). The van der Waals surface area contributed by atoms with Crippen LogP contribution < -0.4 is 5.32 Å². The Morgan fingerprint density at radius 3 is 2.87 bits per heavy atom. The molecule has 4 heteroatoms. The first-order valence-electron chi connectivity index (χ1n) is 4.99. The van der Waals surface area contributed by atoms with E-state index in [1.54, 1.807) is 11.3 Å². The Kier molecular flexibility index (Phi) is 3.51. The second kappa shape index (κ2) is 4.88. The summed E-state index contributed by atoms with van der Waals surface area (Å²) in [6, 6.07) is 4.61. The van der Waals surface area contributed by atoms with Gasteiger partial charge >= 0.3 is 0 Å². The van der Waals surface area contributed by atoms with Gasteiger partial charge in [0.05, 0.1) is 17.2 Å². The van der Waals surface area contributed by atoms with Crippen LogP contribution in [0.1, 0.15) is 28.4 Å². The Hall–Kier alpha value is -0.710. The van der Waals surface area contributed by atoms with E-state index in [0.717, 1.165) is 12.2 Å². The molecule has 0 bridgehead atoms. The van der Waals surface area contributed by atoms with E-state index in [0.29, 0.717) is 0 Å². The molecule has 80 valence electrons. The molecule has 2 aromatic heterocycles. The molecule has 2 nitrogen and oxygen atoms in total. The zero-order valence-corrected chi connectivity index (χ0v) is 10.5. The van der Waals surface area contributed by atoms with Crippen molar-refractivity contribution in [1.82, 2.24) is 10.3 Å². The quantitative estimate of drug-likeness (QED) is 0.884. The highest BCUT2D eigenvalue weighted by Crippen LogP contribution is 2.27. The van der Waals surface area contributed by atoms with Crippen molar-refractivity contribution in [2.45, 2.75) is 19.9 Å². The van der Waals surface area contributed by atoms with Gasteiger partial charge in [-0.3, -0.25) is 0 Å². The normalized spacial score (nSPS) is 12.9. The topological polar surface area (TPSA) is 24.9 Å². The van der Waals surface area contributed by atoms with E-state index in [-0.39, 0.29) is 6.04 Å². The van der Waals surface area contributed by atoms with Crippen LogP contribution in [-0.2, 0) is 0 Å². The van der Waals surface area contributed by atoms with Crippen molar-refractivity contribution in [3.05, 3.63) is 38.5 Å². The Bertz CT molecular complexity index is 406. The second-order valence-electron chi connectivity index (χ2n) is 3.35. The maximum absolute atomic E-state index is 4.38. The summed E-state index contributed by atoms with van der Waals surface area (Å²) in [5, 5.41) is 5.58. The maximum Gasteiger partial charge on any atom is 0.0853 e. The van der Waals surface area contributed by atoms with Crippen LogP contribution in [0, 0.1) is 6.92 Å². The van der Waals surface area contributed by atoms with Gasteiger partial charge in [-0.25, -0.2) is 4.98 Å². The van der Waals surface area contributed by atoms with Crippen molar-refractivity contribution in [2.75, 3.05) is 6.54 Å². The average Bonchev–Trinajstić information content (AvgIpc) is 2.85. The molecule has 1 atom stereocenters. The van der Waals surface area contributed by atoms with E-state index in [1.807, 2.05) is 16.8 Å². The van der Waals surface area contributed by atoms with Crippen LogP contribution in [0.4, 0.5) is 0 Å². The van der Waals surface area contributed by atoms with Crippen molar-refractivity contribution < 1.29 is 0 Å². The third kappa shape index (κ3) is 2.45. The molecule has 0 fully saturated rings. The van der Waals surface area contributed by atoms with Gasteiger partial charge in [-0.2, -0.15) is 0 Å². The number of hydrogen-bond donors (Lipinski definition) is 1. The lowest BCUT2D eigenvalue weighted by Gasteiger charge is -2.13. The first-order chi connectivity index (χ1) is 7.31. The molecule has 0 aliphatic heterocycles. The molecular formula is C11H14N2S2. The van der Waals surface area contributed by atoms with Gasteiger partial charge in [0.2, 0.25) is 0 Å². The van der Waals surface area contributed by atoms with E-state index in [2.05, 4.69) is 41.7 Å². The first kappa shape index (κ1) is 10.8. The molecule has 0 aliphatic rings. The fraction of sp³-hybridized carbons (Fsp3) is 0.364. The van der Waals surface area contributed by atoms with E-state index >= 15 is 0 Å². The lowest BCUT2D eigenvalue weighted by atomic mass is 10.2. The predicted molar refractivity (Wildman–Crippen MR) is 66.7 cm³/mol. The van der Waals surface area contributed by atoms with Crippen LogP contribution in [0.15, 0.2) is 23.0 Å². The van der Waals surface area contributed by atoms with Crippen LogP contribution in [0.5, 0.6) is 0 Å². The highest BCUT2D eigenvalue weighted by Gasteiger charge is 2.16.